The molecule has 0 aliphatic carbocycles. The molecule has 29 heavy (non-hydrogen) atoms. The van der Waals surface area contributed by atoms with Crippen LogP contribution in [0.25, 0.3) is 5.76 Å². The van der Waals surface area contributed by atoms with Crippen LogP contribution in [0.1, 0.15) is 17.4 Å². The Labute approximate surface area is 172 Å². The Morgan fingerprint density at radius 1 is 1.21 bits per heavy atom. The normalized spacial score (nSPS) is 18.3. The fourth-order valence-electron chi connectivity index (χ4n) is 3.23. The number of likely N-dealkylation sites (tertiary alicyclic amines) is 1. The minimum absolute atomic E-state index is 0.124. The number of ether oxygens (including phenoxy) is 3. The lowest BCUT2D eigenvalue weighted by Gasteiger charge is -2.23. The van der Waals surface area contributed by atoms with Gasteiger partial charge in [0.05, 0.1) is 43.2 Å². The molecular weight excluding hydrogens is 402 g/mol. The van der Waals surface area contributed by atoms with Crippen molar-refractivity contribution in [2.24, 2.45) is 0 Å². The first kappa shape index (κ1) is 20.8. The molecule has 1 fully saturated rings. The highest BCUT2D eigenvalue weighted by atomic mass is 35.5. The van der Waals surface area contributed by atoms with Gasteiger partial charge >= 0.3 is 0 Å². The van der Waals surface area contributed by atoms with Crippen molar-refractivity contribution in [2.45, 2.75) is 6.04 Å². The van der Waals surface area contributed by atoms with Crippen LogP contribution in [0.2, 0.25) is 5.02 Å². The van der Waals surface area contributed by atoms with E-state index in [9.17, 15) is 14.7 Å². The molecule has 3 rings (SSSR count). The number of rotatable bonds is 7. The number of aliphatic hydroxyl groups is 1. The van der Waals surface area contributed by atoms with Crippen LogP contribution < -0.4 is 9.47 Å². The molecule has 1 atom stereocenters. The third-order valence-corrected chi connectivity index (χ3v) is 4.91. The number of aliphatic hydroxyl groups excluding tert-OH is 1. The monoisotopic (exact) mass is 421 g/mol. The van der Waals surface area contributed by atoms with Crippen LogP contribution in [-0.2, 0) is 14.3 Å². The van der Waals surface area contributed by atoms with Gasteiger partial charge in [-0.3, -0.25) is 9.59 Å². The zero-order valence-corrected chi connectivity index (χ0v) is 16.9. The second kappa shape index (κ2) is 8.59. The molecule has 1 aromatic carbocycles. The number of furan rings is 1. The molecule has 9 heteroatoms. The lowest BCUT2D eigenvalue weighted by Crippen LogP contribution is -2.32. The van der Waals surface area contributed by atoms with Crippen LogP contribution in [0.15, 0.2) is 40.5 Å². The van der Waals surface area contributed by atoms with E-state index in [2.05, 4.69) is 0 Å². The van der Waals surface area contributed by atoms with Crippen molar-refractivity contribution in [1.29, 1.82) is 0 Å². The summed E-state index contributed by atoms with van der Waals surface area (Å²) in [5.74, 6) is -1.13. The van der Waals surface area contributed by atoms with Crippen molar-refractivity contribution >= 4 is 29.1 Å². The number of methoxy groups -OCH3 is 3. The molecule has 154 valence electrons. The first-order chi connectivity index (χ1) is 13.9. The molecule has 0 radical (unpaired) electrons. The summed E-state index contributed by atoms with van der Waals surface area (Å²) in [5.41, 5.74) is 0.0279. The fourth-order valence-corrected chi connectivity index (χ4v) is 3.47. The summed E-state index contributed by atoms with van der Waals surface area (Å²) >= 11 is 6.20. The van der Waals surface area contributed by atoms with Gasteiger partial charge in [-0.1, -0.05) is 11.6 Å². The molecule has 1 amide bonds. The van der Waals surface area contributed by atoms with E-state index in [1.165, 1.54) is 44.6 Å². The number of Topliss-reactive ketones (excluding diaryl/α,β-unsaturated/α-hetero) is 1. The van der Waals surface area contributed by atoms with Gasteiger partial charge in [-0.05, 0) is 18.2 Å². The van der Waals surface area contributed by atoms with Crippen molar-refractivity contribution < 1.29 is 33.3 Å². The molecule has 1 saturated heterocycles. The fraction of sp³-hybridized carbons (Fsp3) is 0.300. The van der Waals surface area contributed by atoms with Gasteiger partial charge in [-0.2, -0.15) is 0 Å². The molecule has 0 spiro atoms. The molecule has 1 N–H and O–H groups in total. The van der Waals surface area contributed by atoms with Gasteiger partial charge in [0, 0.05) is 19.7 Å². The first-order valence-electron chi connectivity index (χ1n) is 8.67. The quantitative estimate of drug-likeness (QED) is 0.416. The highest BCUT2D eigenvalue weighted by Gasteiger charge is 2.47. The van der Waals surface area contributed by atoms with Crippen molar-refractivity contribution in [2.75, 3.05) is 34.5 Å². The predicted octanol–water partition coefficient (Wildman–Crippen LogP) is 3.02. The van der Waals surface area contributed by atoms with Gasteiger partial charge in [0.15, 0.2) is 0 Å². The molecular formula is C20H20ClNO7. The Morgan fingerprint density at radius 3 is 2.52 bits per heavy atom. The van der Waals surface area contributed by atoms with Gasteiger partial charge in [-0.15, -0.1) is 0 Å². The predicted molar refractivity (Wildman–Crippen MR) is 104 cm³/mol. The van der Waals surface area contributed by atoms with Crippen LogP contribution in [0.3, 0.4) is 0 Å². The molecule has 2 aromatic rings. The Kier molecular flexibility index (Phi) is 6.14. The second-order valence-electron chi connectivity index (χ2n) is 6.19. The van der Waals surface area contributed by atoms with Gasteiger partial charge in [0.25, 0.3) is 11.7 Å². The lowest BCUT2D eigenvalue weighted by atomic mass is 9.98. The molecule has 8 nitrogen and oxygen atoms in total. The van der Waals surface area contributed by atoms with E-state index < -0.39 is 23.5 Å². The minimum atomic E-state index is -0.911. The van der Waals surface area contributed by atoms with Crippen molar-refractivity contribution in [3.05, 3.63) is 52.4 Å². The van der Waals surface area contributed by atoms with Crippen LogP contribution in [0, 0.1) is 0 Å². The highest BCUT2D eigenvalue weighted by Crippen LogP contribution is 2.42. The maximum Gasteiger partial charge on any atom is 0.295 e. The van der Waals surface area contributed by atoms with Crippen LogP contribution in [0.5, 0.6) is 11.5 Å². The van der Waals surface area contributed by atoms with Crippen LogP contribution in [0.4, 0.5) is 0 Å². The number of benzene rings is 1. The number of ketones is 1. The zero-order chi connectivity index (χ0) is 21.1. The van der Waals surface area contributed by atoms with Crippen molar-refractivity contribution in [1.82, 2.24) is 4.90 Å². The summed E-state index contributed by atoms with van der Waals surface area (Å²) in [6.45, 7) is 0.353. The molecule has 1 aliphatic rings. The highest BCUT2D eigenvalue weighted by molar-refractivity contribution is 6.46. The SMILES string of the molecule is COCCN1C(=O)C(=O)/C(=C(\O)c2cc(Cl)c(OC)cc2OC)C1c1ccco1. The molecule has 2 heterocycles. The van der Waals surface area contributed by atoms with Gasteiger partial charge < -0.3 is 28.6 Å². The maximum atomic E-state index is 12.8. The first-order valence-corrected chi connectivity index (χ1v) is 9.05. The van der Waals surface area contributed by atoms with E-state index in [-0.39, 0.29) is 35.1 Å². The molecule has 1 aliphatic heterocycles. The van der Waals surface area contributed by atoms with Crippen LogP contribution >= 0.6 is 11.6 Å². The molecule has 1 aromatic heterocycles. The van der Waals surface area contributed by atoms with E-state index in [0.29, 0.717) is 11.5 Å². The molecule has 0 saturated carbocycles. The number of hydrogen-bond acceptors (Lipinski definition) is 7. The smallest absolute Gasteiger partial charge is 0.295 e. The average molecular weight is 422 g/mol. The topological polar surface area (TPSA) is 98.4 Å². The number of halogens is 1. The Hall–Kier alpha value is -2.97. The van der Waals surface area contributed by atoms with Crippen molar-refractivity contribution in [3.63, 3.8) is 0 Å². The van der Waals surface area contributed by atoms with Gasteiger partial charge in [-0.25, -0.2) is 0 Å². The van der Waals surface area contributed by atoms with Crippen LogP contribution in [-0.4, -0.2) is 56.2 Å². The lowest BCUT2D eigenvalue weighted by molar-refractivity contribution is -0.140. The Morgan fingerprint density at radius 2 is 1.93 bits per heavy atom. The summed E-state index contributed by atoms with van der Waals surface area (Å²) < 4.78 is 21.0. The summed E-state index contributed by atoms with van der Waals surface area (Å²) in [4.78, 5) is 26.8. The minimum Gasteiger partial charge on any atom is -0.507 e. The third-order valence-electron chi connectivity index (χ3n) is 4.62. The largest absolute Gasteiger partial charge is 0.507 e. The van der Waals surface area contributed by atoms with E-state index in [1.54, 1.807) is 12.1 Å². The Bertz CT molecular complexity index is 952. The molecule has 0 bridgehead atoms. The number of carbonyl (C=O) groups is 2. The second-order valence-corrected chi connectivity index (χ2v) is 6.59. The third kappa shape index (κ3) is 3.68. The summed E-state index contributed by atoms with van der Waals surface area (Å²) in [6, 6.07) is 5.25. The van der Waals surface area contributed by atoms with Gasteiger partial charge in [0.1, 0.15) is 29.1 Å². The number of carbonyl (C=O) groups excluding carboxylic acids is 2. The molecule has 1 unspecified atom stereocenters. The van der Waals surface area contributed by atoms with E-state index in [0.717, 1.165) is 0 Å². The van der Waals surface area contributed by atoms with E-state index >= 15 is 0 Å². The standard InChI is InChI=1S/C20H20ClNO7/c1-26-8-6-22-17(13-5-4-7-29-13)16(19(24)20(22)25)18(23)11-9-12(21)15(28-3)10-14(11)27-2/h4-5,7,9-10,17,23H,6,8H2,1-3H3/b18-16-. The van der Waals surface area contributed by atoms with Crippen molar-refractivity contribution in [3.8, 4) is 11.5 Å². The summed E-state index contributed by atoms with van der Waals surface area (Å²) in [6.07, 6.45) is 1.43. The number of amides is 1. The number of hydrogen-bond donors (Lipinski definition) is 1. The average Bonchev–Trinajstić information content (AvgIpc) is 3.33. The summed E-state index contributed by atoms with van der Waals surface area (Å²) in [7, 11) is 4.34. The number of nitrogens with zero attached hydrogens (tertiary/aromatic N) is 1. The maximum absolute atomic E-state index is 12.8. The zero-order valence-electron chi connectivity index (χ0n) is 16.1. The van der Waals surface area contributed by atoms with Gasteiger partial charge in [0.2, 0.25) is 0 Å². The van der Waals surface area contributed by atoms with E-state index in [4.69, 9.17) is 30.2 Å². The summed E-state index contributed by atoms with van der Waals surface area (Å²) in [5, 5.41) is 11.3. The van der Waals surface area contributed by atoms with E-state index in [1.807, 2.05) is 0 Å². The Balaban J connectivity index is 2.20.